The van der Waals surface area contributed by atoms with Gasteiger partial charge in [-0.15, -0.1) is 39.7 Å². The van der Waals surface area contributed by atoms with Crippen LogP contribution in [0.5, 0.6) is 0 Å². The molecule has 45 heavy (non-hydrogen) atoms. The van der Waals surface area contributed by atoms with Crippen molar-refractivity contribution in [2.45, 2.75) is 80.1 Å². The Hall–Kier alpha value is -3.02. The molecule has 0 aliphatic heterocycles. The molecule has 0 aromatic heterocycles. The molecule has 5 aromatic carbocycles. The first-order valence-electron chi connectivity index (χ1n) is 16.2. The van der Waals surface area contributed by atoms with Gasteiger partial charge < -0.3 is 0 Å². The summed E-state index contributed by atoms with van der Waals surface area (Å²) in [7, 11) is 0. The van der Waals surface area contributed by atoms with Crippen molar-refractivity contribution >= 4 is 24.8 Å². The molecule has 0 heterocycles. The predicted molar refractivity (Wildman–Crippen MR) is 195 cm³/mol. The molecule has 0 N–H and O–H groups in total. The minimum absolute atomic E-state index is 0.194. The molecule has 0 bridgehead atoms. The van der Waals surface area contributed by atoms with Crippen molar-refractivity contribution in [2.24, 2.45) is 11.3 Å². The molecule has 5 aromatic rings. The van der Waals surface area contributed by atoms with E-state index in [2.05, 4.69) is 191 Å². The molecule has 1 atom stereocenters. The van der Waals surface area contributed by atoms with Gasteiger partial charge in [0.25, 0.3) is 0 Å². The van der Waals surface area contributed by atoms with Crippen LogP contribution in [0.4, 0.5) is 0 Å². The molecule has 0 amide bonds. The predicted octanol–water partition coefficient (Wildman–Crippen LogP) is 12.1. The summed E-state index contributed by atoms with van der Waals surface area (Å²) in [6.07, 6.45) is 7.65. The van der Waals surface area contributed by atoms with Crippen LogP contribution in [0, 0.1) is 17.4 Å². The molecule has 1 aliphatic rings. The summed E-state index contributed by atoms with van der Waals surface area (Å²) in [4.78, 5) is 0. The maximum absolute atomic E-state index is 3.26. The molecule has 0 radical (unpaired) electrons. The molecule has 0 saturated carbocycles. The summed E-state index contributed by atoms with van der Waals surface area (Å²) in [6, 6.07) is 37.3. The Kier molecular flexibility index (Phi) is 11.0. The number of benzene rings is 4. The van der Waals surface area contributed by atoms with E-state index in [0.29, 0.717) is 11.3 Å². The van der Waals surface area contributed by atoms with E-state index in [4.69, 9.17) is 0 Å². The van der Waals surface area contributed by atoms with Crippen LogP contribution in [0.25, 0.3) is 21.5 Å². The molecule has 1 unspecified atom stereocenters. The quantitative estimate of drug-likeness (QED) is 0.164. The Morgan fingerprint density at radius 3 is 1.33 bits per heavy atom. The molecule has 0 spiro atoms. The zero-order valence-electron chi connectivity index (χ0n) is 29.0. The number of allylic oxidation sites excluding steroid dienone is 4. The van der Waals surface area contributed by atoms with Crippen molar-refractivity contribution < 1.29 is 24.2 Å². The van der Waals surface area contributed by atoms with Gasteiger partial charge in [0.05, 0.1) is 0 Å². The normalized spacial score (nSPS) is 14.8. The second-order valence-corrected chi connectivity index (χ2v) is 16.6. The van der Waals surface area contributed by atoms with Crippen molar-refractivity contribution in [1.82, 2.24) is 0 Å². The maximum atomic E-state index is 3.26. The fourth-order valence-corrected chi connectivity index (χ4v) is 6.18. The van der Waals surface area contributed by atoms with Crippen LogP contribution in [0.2, 0.25) is 0 Å². The number of fused-ring (bicyclic) bond motifs is 3. The van der Waals surface area contributed by atoms with E-state index in [1.54, 1.807) is 0 Å². The van der Waals surface area contributed by atoms with E-state index in [-0.39, 0.29) is 10.8 Å². The summed E-state index contributed by atoms with van der Waals surface area (Å²) >= 11 is 1.46. The third-order valence-electron chi connectivity index (χ3n) is 8.36. The average molecular weight is 670 g/mol. The van der Waals surface area contributed by atoms with Gasteiger partial charge >= 0.3 is 99.2 Å². The van der Waals surface area contributed by atoms with Crippen LogP contribution in [0.1, 0.15) is 91.5 Å². The first kappa shape index (κ1) is 34.8. The van der Waals surface area contributed by atoms with Crippen molar-refractivity contribution in [1.29, 1.82) is 0 Å². The molecular weight excluding hydrogens is 620 g/mol. The van der Waals surface area contributed by atoms with Crippen molar-refractivity contribution in [3.63, 3.8) is 0 Å². The van der Waals surface area contributed by atoms with Gasteiger partial charge in [0.15, 0.2) is 0 Å². The second kappa shape index (κ2) is 14.2. The van der Waals surface area contributed by atoms with E-state index < -0.39 is 0 Å². The van der Waals surface area contributed by atoms with Crippen molar-refractivity contribution in [2.75, 3.05) is 0 Å². The van der Waals surface area contributed by atoms with E-state index in [1.807, 2.05) is 0 Å². The Labute approximate surface area is 288 Å². The molecule has 1 aliphatic carbocycles. The molecule has 6 rings (SSSR count). The zero-order valence-corrected chi connectivity index (χ0v) is 31.5. The summed E-state index contributed by atoms with van der Waals surface area (Å²) in [5, 5.41) is 5.49. The van der Waals surface area contributed by atoms with E-state index in [0.717, 1.165) is 0 Å². The van der Waals surface area contributed by atoms with E-state index in [1.165, 1.54) is 76.8 Å². The number of rotatable bonds is 2. The summed E-state index contributed by atoms with van der Waals surface area (Å²) < 4.78 is 1.42. The van der Waals surface area contributed by atoms with Crippen molar-refractivity contribution in [3.05, 3.63) is 149 Å². The molecule has 0 nitrogen and oxygen atoms in total. The SMILES string of the molecule is CC(C)(C)c1ccc2[cH-]c3ccc(C(C)(C)C)cc3c2c1.CC1[C-]=CC(C(C)(C)C)=C1.[Zr+2]=[C](c1ccccc1)c1ccccc1. The average Bonchev–Trinajstić information content (AvgIpc) is 3.60. The van der Waals surface area contributed by atoms with Crippen LogP contribution in [0.3, 0.4) is 0 Å². The van der Waals surface area contributed by atoms with Gasteiger partial charge in [-0.05, 0) is 10.8 Å². The molecule has 0 fully saturated rings. The first-order valence-corrected chi connectivity index (χ1v) is 17.4. The van der Waals surface area contributed by atoms with Gasteiger partial charge in [0.2, 0.25) is 0 Å². The van der Waals surface area contributed by atoms with Crippen LogP contribution in [-0.4, -0.2) is 3.21 Å². The van der Waals surface area contributed by atoms with Gasteiger partial charge in [-0.3, -0.25) is 6.08 Å². The van der Waals surface area contributed by atoms with Gasteiger partial charge in [-0.2, -0.15) is 11.6 Å². The molecule has 1 heteroatoms. The van der Waals surface area contributed by atoms with Gasteiger partial charge in [0, 0.05) is 0 Å². The van der Waals surface area contributed by atoms with Crippen LogP contribution >= 0.6 is 0 Å². The van der Waals surface area contributed by atoms with Gasteiger partial charge in [-0.25, -0.2) is 6.08 Å². The fraction of sp³-hybridized carbons (Fsp3) is 0.318. The summed E-state index contributed by atoms with van der Waals surface area (Å²) in [5.41, 5.74) is 7.58. The fourth-order valence-electron chi connectivity index (χ4n) is 5.36. The summed E-state index contributed by atoms with van der Waals surface area (Å²) in [6.45, 7) is 22.5. The van der Waals surface area contributed by atoms with Gasteiger partial charge in [0.1, 0.15) is 0 Å². The van der Waals surface area contributed by atoms with E-state index in [9.17, 15) is 0 Å². The molecular formula is C44H50Zr. The Morgan fingerprint density at radius 2 is 1.02 bits per heavy atom. The van der Waals surface area contributed by atoms with Gasteiger partial charge in [-0.1, -0.05) is 116 Å². The monoisotopic (exact) mass is 668 g/mol. The Balaban J connectivity index is 0.000000166. The second-order valence-electron chi connectivity index (χ2n) is 15.3. The third-order valence-corrected chi connectivity index (χ3v) is 9.78. The molecule has 230 valence electrons. The Bertz CT molecular complexity index is 1680. The first-order chi connectivity index (χ1) is 21.0. The van der Waals surface area contributed by atoms with Crippen LogP contribution in [0.15, 0.2) is 121 Å². The standard InChI is InChI=1S/C21H25.C13H10.C10H15.Zr/c1-20(2,3)16-9-7-14-11-15-8-10-17(21(4,5)6)13-19(15)18(14)12-16;1-3-7-12(8-4-1)11-13-9-5-2-6-10-13;1-8-5-6-9(7-8)10(2,3)4;/h7-13H,1-6H3;1-10H;6-8H,1-4H3;/q-1;;-1;+2. The zero-order chi connectivity index (χ0) is 33.0. The van der Waals surface area contributed by atoms with Crippen molar-refractivity contribution in [3.8, 4) is 0 Å². The number of hydrogen-bond donors (Lipinski definition) is 0. The number of hydrogen-bond acceptors (Lipinski definition) is 0. The van der Waals surface area contributed by atoms with Crippen LogP contribution in [-0.2, 0) is 35.1 Å². The summed E-state index contributed by atoms with van der Waals surface area (Å²) in [5.74, 6) is 0.522. The molecule has 0 saturated heterocycles. The topological polar surface area (TPSA) is 0 Å². The van der Waals surface area contributed by atoms with E-state index >= 15 is 0 Å². The Morgan fingerprint density at radius 1 is 0.600 bits per heavy atom. The van der Waals surface area contributed by atoms with Crippen LogP contribution < -0.4 is 0 Å². The third kappa shape index (κ3) is 9.27. The minimum atomic E-state index is 0.194.